The summed E-state index contributed by atoms with van der Waals surface area (Å²) in [6.45, 7) is 3.06. The maximum absolute atomic E-state index is 10.6. The average molecular weight is 341 g/mol. The van der Waals surface area contributed by atoms with Gasteiger partial charge < -0.3 is 9.84 Å². The van der Waals surface area contributed by atoms with Crippen LogP contribution in [0.3, 0.4) is 0 Å². The van der Waals surface area contributed by atoms with Gasteiger partial charge in [-0.3, -0.25) is 10.1 Å². The lowest BCUT2D eigenvalue weighted by Gasteiger charge is -2.05. The normalized spacial score (nSPS) is 10.7. The van der Waals surface area contributed by atoms with Crippen LogP contribution in [0, 0.1) is 17.0 Å². The molecule has 1 heterocycles. The van der Waals surface area contributed by atoms with Gasteiger partial charge >= 0.3 is 0 Å². The summed E-state index contributed by atoms with van der Waals surface area (Å²) >= 11 is 3.33. The highest BCUT2D eigenvalue weighted by atomic mass is 79.9. The summed E-state index contributed by atoms with van der Waals surface area (Å²) in [7, 11) is 0. The van der Waals surface area contributed by atoms with Crippen molar-refractivity contribution in [1.29, 1.82) is 0 Å². The molecular weight excluding hydrogens is 328 g/mol. The van der Waals surface area contributed by atoms with Crippen molar-refractivity contribution >= 4 is 21.6 Å². The van der Waals surface area contributed by atoms with Gasteiger partial charge in [0.25, 0.3) is 5.69 Å². The second-order valence-electron chi connectivity index (χ2n) is 4.19. The Morgan fingerprint density at radius 2 is 2.30 bits per heavy atom. The highest BCUT2D eigenvalue weighted by Gasteiger charge is 2.09. The van der Waals surface area contributed by atoms with E-state index in [0.29, 0.717) is 35.7 Å². The van der Waals surface area contributed by atoms with Crippen LogP contribution in [0.2, 0.25) is 0 Å². The number of nitro benzene ring substituents is 1. The summed E-state index contributed by atoms with van der Waals surface area (Å²) in [4.78, 5) is 14.3. The van der Waals surface area contributed by atoms with E-state index in [1.807, 2.05) is 0 Å². The number of nitrogens with one attached hydrogen (secondary N) is 1. The molecule has 0 unspecified atom stereocenters. The van der Waals surface area contributed by atoms with Gasteiger partial charge in [-0.2, -0.15) is 4.98 Å². The number of non-ortho nitro benzene ring substituents is 1. The third-order valence-corrected chi connectivity index (χ3v) is 3.39. The summed E-state index contributed by atoms with van der Waals surface area (Å²) in [6, 6.07) is 4.72. The molecule has 1 aromatic carbocycles. The minimum absolute atomic E-state index is 0.0713. The van der Waals surface area contributed by atoms with Crippen molar-refractivity contribution in [2.24, 2.45) is 0 Å². The number of benzene rings is 1. The Balaban J connectivity index is 1.83. The third kappa shape index (κ3) is 3.84. The Morgan fingerprint density at radius 1 is 1.50 bits per heavy atom. The zero-order valence-electron chi connectivity index (χ0n) is 10.8. The molecule has 0 atom stereocenters. The maximum atomic E-state index is 10.6. The van der Waals surface area contributed by atoms with Gasteiger partial charge in [0.2, 0.25) is 5.89 Å². The van der Waals surface area contributed by atoms with Crippen molar-refractivity contribution in [1.82, 2.24) is 15.5 Å². The molecule has 0 bridgehead atoms. The molecule has 0 aliphatic heterocycles. The summed E-state index contributed by atoms with van der Waals surface area (Å²) in [6.07, 6.45) is 0.644. The molecule has 20 heavy (non-hydrogen) atoms. The Bertz CT molecular complexity index is 614. The monoisotopic (exact) mass is 340 g/mol. The molecule has 0 amide bonds. The van der Waals surface area contributed by atoms with E-state index in [0.717, 1.165) is 5.56 Å². The summed E-state index contributed by atoms with van der Waals surface area (Å²) in [5, 5.41) is 17.6. The molecule has 0 saturated carbocycles. The van der Waals surface area contributed by atoms with Crippen molar-refractivity contribution < 1.29 is 9.45 Å². The van der Waals surface area contributed by atoms with E-state index in [2.05, 4.69) is 31.4 Å². The molecular formula is C12H13BrN4O3. The van der Waals surface area contributed by atoms with Crippen LogP contribution >= 0.6 is 15.9 Å². The molecule has 0 fully saturated rings. The van der Waals surface area contributed by atoms with Gasteiger partial charge in [-0.1, -0.05) is 21.1 Å². The van der Waals surface area contributed by atoms with E-state index >= 15 is 0 Å². The van der Waals surface area contributed by atoms with E-state index in [9.17, 15) is 10.1 Å². The summed E-state index contributed by atoms with van der Waals surface area (Å²) < 4.78 is 5.71. The smallest absolute Gasteiger partial charge is 0.270 e. The van der Waals surface area contributed by atoms with Crippen LogP contribution in [-0.4, -0.2) is 21.6 Å². The van der Waals surface area contributed by atoms with Crippen LogP contribution < -0.4 is 5.32 Å². The van der Waals surface area contributed by atoms with Crippen molar-refractivity contribution in [3.8, 4) is 0 Å². The molecule has 0 spiro atoms. The number of halogens is 1. The lowest BCUT2D eigenvalue weighted by molar-refractivity contribution is -0.384. The number of hydrogen-bond donors (Lipinski definition) is 1. The fourth-order valence-electron chi connectivity index (χ4n) is 1.65. The van der Waals surface area contributed by atoms with Crippen molar-refractivity contribution in [2.75, 3.05) is 6.54 Å². The maximum Gasteiger partial charge on any atom is 0.270 e. The Hall–Kier alpha value is -1.80. The zero-order valence-corrected chi connectivity index (χ0v) is 12.4. The van der Waals surface area contributed by atoms with Crippen LogP contribution in [0.4, 0.5) is 5.69 Å². The predicted octanol–water partition coefficient (Wildman–Crippen LogP) is 2.38. The van der Waals surface area contributed by atoms with Gasteiger partial charge in [-0.05, 0) is 18.6 Å². The summed E-state index contributed by atoms with van der Waals surface area (Å²) in [5.74, 6) is 1.22. The van der Waals surface area contributed by atoms with Gasteiger partial charge in [-0.25, -0.2) is 0 Å². The first-order valence-corrected chi connectivity index (χ1v) is 6.78. The number of aryl methyl sites for hydroxylation is 1. The largest absolute Gasteiger partial charge is 0.339 e. The molecule has 0 saturated heterocycles. The third-order valence-electron chi connectivity index (χ3n) is 2.65. The van der Waals surface area contributed by atoms with Crippen molar-refractivity contribution in [2.45, 2.75) is 19.9 Å². The molecule has 2 rings (SSSR count). The first-order valence-electron chi connectivity index (χ1n) is 5.99. The molecule has 2 aromatic rings. The van der Waals surface area contributed by atoms with Crippen molar-refractivity contribution in [3.05, 3.63) is 50.1 Å². The standard InChI is InChI=1S/C12H13BrN4O3/c1-8-15-12(20-16-8)4-5-14-7-9-2-3-10(17(18)19)6-11(9)13/h2-3,6,14H,4-5,7H2,1H3. The van der Waals surface area contributed by atoms with Crippen molar-refractivity contribution in [3.63, 3.8) is 0 Å². The number of hydrogen-bond acceptors (Lipinski definition) is 6. The number of rotatable bonds is 6. The first-order chi connectivity index (χ1) is 9.56. The topological polar surface area (TPSA) is 94.1 Å². The quantitative estimate of drug-likeness (QED) is 0.492. The number of nitrogens with zero attached hydrogens (tertiary/aromatic N) is 3. The van der Waals surface area contributed by atoms with E-state index in [1.165, 1.54) is 12.1 Å². The van der Waals surface area contributed by atoms with E-state index in [4.69, 9.17) is 4.52 Å². The van der Waals surface area contributed by atoms with Crippen LogP contribution in [-0.2, 0) is 13.0 Å². The predicted molar refractivity (Wildman–Crippen MR) is 75.2 cm³/mol. The van der Waals surface area contributed by atoms with Gasteiger partial charge in [0.1, 0.15) is 0 Å². The molecule has 0 aliphatic carbocycles. The van der Waals surface area contributed by atoms with Gasteiger partial charge in [0.05, 0.1) is 4.92 Å². The SMILES string of the molecule is Cc1noc(CCNCc2ccc([N+](=O)[O-])cc2Br)n1. The summed E-state index contributed by atoms with van der Waals surface area (Å²) in [5.41, 5.74) is 1.03. The highest BCUT2D eigenvalue weighted by molar-refractivity contribution is 9.10. The van der Waals surface area contributed by atoms with E-state index in [-0.39, 0.29) is 5.69 Å². The fourth-order valence-corrected chi connectivity index (χ4v) is 2.16. The lowest BCUT2D eigenvalue weighted by atomic mass is 10.2. The van der Waals surface area contributed by atoms with Gasteiger partial charge in [0.15, 0.2) is 5.82 Å². The van der Waals surface area contributed by atoms with E-state index < -0.39 is 4.92 Å². The van der Waals surface area contributed by atoms with Crippen LogP contribution in [0.5, 0.6) is 0 Å². The zero-order chi connectivity index (χ0) is 14.5. The highest BCUT2D eigenvalue weighted by Crippen LogP contribution is 2.22. The van der Waals surface area contributed by atoms with Crippen LogP contribution in [0.1, 0.15) is 17.3 Å². The minimum atomic E-state index is -0.417. The Labute approximate surface area is 123 Å². The number of nitro groups is 1. The van der Waals surface area contributed by atoms with Crippen LogP contribution in [0.15, 0.2) is 27.2 Å². The van der Waals surface area contributed by atoms with Gasteiger partial charge in [0, 0.05) is 36.1 Å². The average Bonchev–Trinajstić information content (AvgIpc) is 2.81. The minimum Gasteiger partial charge on any atom is -0.339 e. The van der Waals surface area contributed by atoms with Crippen LogP contribution in [0.25, 0.3) is 0 Å². The molecule has 8 heteroatoms. The fraction of sp³-hybridized carbons (Fsp3) is 0.333. The first kappa shape index (κ1) is 14.6. The Morgan fingerprint density at radius 3 is 2.90 bits per heavy atom. The molecule has 1 N–H and O–H groups in total. The van der Waals surface area contributed by atoms with Gasteiger partial charge in [-0.15, -0.1) is 0 Å². The molecule has 106 valence electrons. The van der Waals surface area contributed by atoms with E-state index in [1.54, 1.807) is 13.0 Å². The second kappa shape index (κ2) is 6.58. The second-order valence-corrected chi connectivity index (χ2v) is 5.05. The lowest BCUT2D eigenvalue weighted by Crippen LogP contribution is -2.17. The Kier molecular flexibility index (Phi) is 4.80. The molecule has 0 radical (unpaired) electrons. The molecule has 7 nitrogen and oxygen atoms in total. The number of aromatic nitrogens is 2. The molecule has 0 aliphatic rings. The molecule has 1 aromatic heterocycles.